The van der Waals surface area contributed by atoms with Crippen LogP contribution in [-0.4, -0.2) is 12.6 Å². The Kier molecular flexibility index (Phi) is 5.41. The van der Waals surface area contributed by atoms with Gasteiger partial charge in [0.25, 0.3) is 0 Å². The van der Waals surface area contributed by atoms with Crippen molar-refractivity contribution in [2.75, 3.05) is 6.61 Å². The second kappa shape index (κ2) is 7.31. The highest BCUT2D eigenvalue weighted by Gasteiger charge is 2.19. The van der Waals surface area contributed by atoms with Gasteiger partial charge in [0.1, 0.15) is 0 Å². The van der Waals surface area contributed by atoms with E-state index in [9.17, 15) is 10.1 Å². The molecule has 124 valence electrons. The Morgan fingerprint density at radius 1 is 1.04 bits per heavy atom. The molecule has 0 spiro atoms. The fraction of sp³-hybridized carbons (Fsp3) is 0.333. The van der Waals surface area contributed by atoms with Crippen LogP contribution in [0.25, 0.3) is 11.1 Å². The molecule has 0 amide bonds. The van der Waals surface area contributed by atoms with Crippen molar-refractivity contribution < 1.29 is 9.53 Å². The summed E-state index contributed by atoms with van der Waals surface area (Å²) in [7, 11) is 0. The molecule has 0 heterocycles. The molecule has 2 aromatic rings. The molecule has 0 atom stereocenters. The Balaban J connectivity index is 2.14. The standard InChI is InChI=1S/C21H23NO2/c1-15(2)13-24-20(23)18-7-5-16(6-8-18)17-9-11-19(12-10-17)21(3,4)14-22/h5-12,15H,13H2,1-4H3. The van der Waals surface area contributed by atoms with E-state index >= 15 is 0 Å². The molecule has 0 aliphatic rings. The Bertz CT molecular complexity index is 735. The van der Waals surface area contributed by atoms with Crippen LogP contribution in [-0.2, 0) is 10.2 Å². The zero-order chi connectivity index (χ0) is 17.7. The maximum atomic E-state index is 11.9. The fourth-order valence-electron chi connectivity index (χ4n) is 2.27. The highest BCUT2D eigenvalue weighted by atomic mass is 16.5. The van der Waals surface area contributed by atoms with Crippen LogP contribution >= 0.6 is 0 Å². The van der Waals surface area contributed by atoms with E-state index in [1.807, 2.05) is 64.1 Å². The number of nitriles is 1. The van der Waals surface area contributed by atoms with Gasteiger partial charge in [0.05, 0.1) is 23.7 Å². The summed E-state index contributed by atoms with van der Waals surface area (Å²) < 4.78 is 5.23. The van der Waals surface area contributed by atoms with Gasteiger partial charge in [0.15, 0.2) is 0 Å². The van der Waals surface area contributed by atoms with E-state index in [0.29, 0.717) is 18.1 Å². The monoisotopic (exact) mass is 321 g/mol. The van der Waals surface area contributed by atoms with Crippen molar-refractivity contribution in [2.45, 2.75) is 33.1 Å². The van der Waals surface area contributed by atoms with Gasteiger partial charge in [-0.15, -0.1) is 0 Å². The van der Waals surface area contributed by atoms with Gasteiger partial charge in [-0.05, 0) is 48.6 Å². The highest BCUT2D eigenvalue weighted by Crippen LogP contribution is 2.26. The summed E-state index contributed by atoms with van der Waals surface area (Å²) in [6.45, 7) is 8.25. The van der Waals surface area contributed by atoms with Gasteiger partial charge in [-0.25, -0.2) is 4.79 Å². The zero-order valence-corrected chi connectivity index (χ0v) is 14.7. The quantitative estimate of drug-likeness (QED) is 0.731. The summed E-state index contributed by atoms with van der Waals surface area (Å²) in [5.41, 5.74) is 3.12. The second-order valence-corrected chi connectivity index (χ2v) is 6.88. The van der Waals surface area contributed by atoms with Gasteiger partial charge in [0.2, 0.25) is 0 Å². The first-order valence-corrected chi connectivity index (χ1v) is 8.13. The van der Waals surface area contributed by atoms with E-state index in [-0.39, 0.29) is 5.97 Å². The normalized spacial score (nSPS) is 11.2. The van der Waals surface area contributed by atoms with Gasteiger partial charge >= 0.3 is 5.97 Å². The molecule has 2 aromatic carbocycles. The first kappa shape index (κ1) is 17.7. The maximum Gasteiger partial charge on any atom is 0.338 e. The first-order valence-electron chi connectivity index (χ1n) is 8.13. The number of carbonyl (C=O) groups excluding carboxylic acids is 1. The molecule has 3 nitrogen and oxygen atoms in total. The van der Waals surface area contributed by atoms with Gasteiger partial charge in [-0.1, -0.05) is 50.2 Å². The summed E-state index contributed by atoms with van der Waals surface area (Å²) in [6.07, 6.45) is 0. The van der Waals surface area contributed by atoms with E-state index in [1.165, 1.54) is 0 Å². The molecule has 0 saturated carbocycles. The van der Waals surface area contributed by atoms with Gasteiger partial charge in [-0.2, -0.15) is 5.26 Å². The number of hydrogen-bond donors (Lipinski definition) is 0. The Morgan fingerprint density at radius 2 is 1.54 bits per heavy atom. The summed E-state index contributed by atoms with van der Waals surface area (Å²) in [5, 5.41) is 9.20. The van der Waals surface area contributed by atoms with E-state index < -0.39 is 5.41 Å². The maximum absolute atomic E-state index is 11.9. The van der Waals surface area contributed by atoms with Crippen LogP contribution in [0.1, 0.15) is 43.6 Å². The summed E-state index contributed by atoms with van der Waals surface area (Å²) >= 11 is 0. The lowest BCUT2D eigenvalue weighted by Gasteiger charge is -2.16. The van der Waals surface area contributed by atoms with Crippen molar-refractivity contribution in [2.24, 2.45) is 5.92 Å². The number of rotatable bonds is 5. The fourth-order valence-corrected chi connectivity index (χ4v) is 2.27. The number of esters is 1. The van der Waals surface area contributed by atoms with Crippen molar-refractivity contribution in [3.05, 3.63) is 59.7 Å². The number of hydrogen-bond acceptors (Lipinski definition) is 3. The summed E-state index contributed by atoms with van der Waals surface area (Å²) in [5.74, 6) is 0.0331. The average molecular weight is 321 g/mol. The zero-order valence-electron chi connectivity index (χ0n) is 14.7. The molecule has 0 unspecified atom stereocenters. The topological polar surface area (TPSA) is 50.1 Å². The molecule has 0 fully saturated rings. The minimum Gasteiger partial charge on any atom is -0.462 e. The second-order valence-electron chi connectivity index (χ2n) is 6.88. The molecule has 0 bridgehead atoms. The SMILES string of the molecule is CC(C)COC(=O)c1ccc(-c2ccc(C(C)(C)C#N)cc2)cc1. The third kappa shape index (κ3) is 4.23. The van der Waals surface area contributed by atoms with E-state index in [0.717, 1.165) is 16.7 Å². The smallest absolute Gasteiger partial charge is 0.338 e. The number of nitrogens with zero attached hydrogens (tertiary/aromatic N) is 1. The lowest BCUT2D eigenvalue weighted by Crippen LogP contribution is -2.13. The first-order chi connectivity index (χ1) is 11.3. The van der Waals surface area contributed by atoms with Crippen LogP contribution in [0.3, 0.4) is 0 Å². The predicted octanol–water partition coefficient (Wildman–Crippen LogP) is 4.97. The van der Waals surface area contributed by atoms with Crippen LogP contribution in [0.2, 0.25) is 0 Å². The van der Waals surface area contributed by atoms with Crippen LogP contribution < -0.4 is 0 Å². The molecule has 0 radical (unpaired) electrons. The number of carbonyl (C=O) groups is 1. The number of ether oxygens (including phenoxy) is 1. The third-order valence-electron chi connectivity index (χ3n) is 3.89. The van der Waals surface area contributed by atoms with Crippen LogP contribution in [0.4, 0.5) is 0 Å². The summed E-state index contributed by atoms with van der Waals surface area (Å²) in [4.78, 5) is 11.9. The minimum atomic E-state index is -0.497. The molecule has 0 aliphatic carbocycles. The van der Waals surface area contributed by atoms with Gasteiger partial charge < -0.3 is 4.74 Å². The van der Waals surface area contributed by atoms with Crippen LogP contribution in [0.5, 0.6) is 0 Å². The molecule has 0 N–H and O–H groups in total. The van der Waals surface area contributed by atoms with Crippen molar-refractivity contribution in [3.8, 4) is 17.2 Å². The van der Waals surface area contributed by atoms with E-state index in [1.54, 1.807) is 12.1 Å². The third-order valence-corrected chi connectivity index (χ3v) is 3.89. The predicted molar refractivity (Wildman–Crippen MR) is 95.6 cm³/mol. The van der Waals surface area contributed by atoms with Crippen molar-refractivity contribution in [1.29, 1.82) is 5.26 Å². The molecule has 24 heavy (non-hydrogen) atoms. The lowest BCUT2D eigenvalue weighted by molar-refractivity contribution is 0.0459. The Hall–Kier alpha value is -2.60. The Morgan fingerprint density at radius 3 is 2.00 bits per heavy atom. The van der Waals surface area contributed by atoms with Crippen molar-refractivity contribution in [3.63, 3.8) is 0 Å². The number of benzene rings is 2. The van der Waals surface area contributed by atoms with Gasteiger partial charge in [0, 0.05) is 0 Å². The van der Waals surface area contributed by atoms with Crippen LogP contribution in [0, 0.1) is 17.2 Å². The molecular weight excluding hydrogens is 298 g/mol. The van der Waals surface area contributed by atoms with E-state index in [4.69, 9.17) is 4.74 Å². The largest absolute Gasteiger partial charge is 0.462 e. The molecule has 0 aromatic heterocycles. The molecule has 2 rings (SSSR count). The van der Waals surface area contributed by atoms with Crippen molar-refractivity contribution >= 4 is 5.97 Å². The summed E-state index contributed by atoms with van der Waals surface area (Å²) in [6, 6.07) is 17.6. The molecule has 0 saturated heterocycles. The molecular formula is C21H23NO2. The average Bonchev–Trinajstić information content (AvgIpc) is 2.60. The lowest BCUT2D eigenvalue weighted by atomic mass is 9.85. The molecule has 3 heteroatoms. The van der Waals surface area contributed by atoms with Crippen LogP contribution in [0.15, 0.2) is 48.5 Å². The highest BCUT2D eigenvalue weighted by molar-refractivity contribution is 5.90. The van der Waals surface area contributed by atoms with E-state index in [2.05, 4.69) is 6.07 Å². The Labute approximate surface area is 143 Å². The molecule has 0 aliphatic heterocycles. The van der Waals surface area contributed by atoms with Gasteiger partial charge in [-0.3, -0.25) is 0 Å². The minimum absolute atomic E-state index is 0.290. The van der Waals surface area contributed by atoms with Crippen molar-refractivity contribution in [1.82, 2.24) is 0 Å².